The number of nitrogens with two attached hydrogens (primary N) is 1. The Morgan fingerprint density at radius 2 is 1.88 bits per heavy atom. The van der Waals surface area contributed by atoms with Crippen LogP contribution in [0.3, 0.4) is 0 Å². The van der Waals surface area contributed by atoms with Crippen molar-refractivity contribution in [2.75, 3.05) is 32.0 Å². The van der Waals surface area contributed by atoms with E-state index >= 15 is 0 Å². The summed E-state index contributed by atoms with van der Waals surface area (Å²) < 4.78 is 5.68. The Hall–Kier alpha value is -2.60. The van der Waals surface area contributed by atoms with Gasteiger partial charge in [0.1, 0.15) is 18.0 Å². The second-order valence-electron chi connectivity index (χ2n) is 6.80. The third-order valence-electron chi connectivity index (χ3n) is 4.95. The molecule has 0 saturated carbocycles. The molecule has 0 aromatic heterocycles. The number of hydrogen-bond acceptors (Lipinski definition) is 5. The van der Waals surface area contributed by atoms with Crippen molar-refractivity contribution in [3.63, 3.8) is 0 Å². The zero-order chi connectivity index (χ0) is 18.4. The van der Waals surface area contributed by atoms with Gasteiger partial charge in [-0.05, 0) is 56.0 Å². The second-order valence-corrected chi connectivity index (χ2v) is 6.80. The fourth-order valence-corrected chi connectivity index (χ4v) is 3.43. The van der Waals surface area contributed by atoms with Crippen LogP contribution >= 0.6 is 0 Å². The molecule has 1 heterocycles. The van der Waals surface area contributed by atoms with E-state index in [1.54, 1.807) is 6.07 Å². The number of anilines is 1. The minimum absolute atomic E-state index is 0.107. The molecule has 1 aliphatic rings. The van der Waals surface area contributed by atoms with E-state index in [-0.39, 0.29) is 11.4 Å². The summed E-state index contributed by atoms with van der Waals surface area (Å²) in [5, 5.41) is 10.9. The highest BCUT2D eigenvalue weighted by molar-refractivity contribution is 5.60. The number of hydrogen-bond donors (Lipinski definition) is 1. The van der Waals surface area contributed by atoms with Gasteiger partial charge in [0.2, 0.25) is 0 Å². The van der Waals surface area contributed by atoms with Gasteiger partial charge in [0.05, 0.1) is 11.0 Å². The van der Waals surface area contributed by atoms with Crippen LogP contribution in [-0.4, -0.2) is 36.1 Å². The Balaban J connectivity index is 1.40. The lowest BCUT2D eigenvalue weighted by Crippen LogP contribution is -2.37. The van der Waals surface area contributed by atoms with Gasteiger partial charge in [0.15, 0.2) is 0 Å². The summed E-state index contributed by atoms with van der Waals surface area (Å²) in [6.45, 7) is 3.49. The van der Waals surface area contributed by atoms with Crippen LogP contribution in [0.5, 0.6) is 5.75 Å². The summed E-state index contributed by atoms with van der Waals surface area (Å²) in [5.41, 5.74) is 7.06. The zero-order valence-corrected chi connectivity index (χ0v) is 14.8. The van der Waals surface area contributed by atoms with E-state index < -0.39 is 4.92 Å². The van der Waals surface area contributed by atoms with Gasteiger partial charge in [0, 0.05) is 6.54 Å². The fourth-order valence-electron chi connectivity index (χ4n) is 3.43. The number of piperidine rings is 1. The Labute approximate surface area is 153 Å². The number of ether oxygens (including phenoxy) is 1. The van der Waals surface area contributed by atoms with Crippen molar-refractivity contribution in [3.8, 4) is 5.75 Å². The third kappa shape index (κ3) is 4.95. The average Bonchev–Trinajstić information content (AvgIpc) is 2.65. The molecule has 138 valence electrons. The van der Waals surface area contributed by atoms with Gasteiger partial charge in [-0.15, -0.1) is 0 Å². The fraction of sp³-hybridized carbons (Fsp3) is 0.400. The first-order valence-electron chi connectivity index (χ1n) is 9.05. The molecule has 0 atom stereocenters. The van der Waals surface area contributed by atoms with Crippen molar-refractivity contribution in [2.45, 2.75) is 19.3 Å². The quantitative estimate of drug-likeness (QED) is 0.467. The van der Waals surface area contributed by atoms with Crippen molar-refractivity contribution in [1.82, 2.24) is 4.90 Å². The number of nitro benzene ring substituents is 1. The van der Waals surface area contributed by atoms with Crippen LogP contribution in [0.2, 0.25) is 0 Å². The van der Waals surface area contributed by atoms with E-state index in [9.17, 15) is 10.1 Å². The lowest BCUT2D eigenvalue weighted by atomic mass is 9.90. The monoisotopic (exact) mass is 355 g/mol. The molecular weight excluding hydrogens is 330 g/mol. The standard InChI is InChI=1S/C20H25N3O3/c21-19-7-6-18(15-20(19)23(24)25)26-13-12-22-10-8-17(9-11-22)14-16-4-2-1-3-5-16/h1-7,15,17H,8-14,21H2. The van der Waals surface area contributed by atoms with Gasteiger partial charge >= 0.3 is 0 Å². The SMILES string of the molecule is Nc1ccc(OCCN2CCC(Cc3ccccc3)CC2)cc1[N+](=O)[O-]. The molecule has 1 fully saturated rings. The molecule has 2 N–H and O–H groups in total. The predicted octanol–water partition coefficient (Wildman–Crippen LogP) is 3.51. The minimum Gasteiger partial charge on any atom is -0.492 e. The summed E-state index contributed by atoms with van der Waals surface area (Å²) in [6, 6.07) is 15.2. The summed E-state index contributed by atoms with van der Waals surface area (Å²) in [6.07, 6.45) is 3.55. The highest BCUT2D eigenvalue weighted by Crippen LogP contribution is 2.26. The van der Waals surface area contributed by atoms with Crippen LogP contribution in [0.15, 0.2) is 48.5 Å². The summed E-state index contributed by atoms with van der Waals surface area (Å²) >= 11 is 0. The van der Waals surface area contributed by atoms with Crippen LogP contribution < -0.4 is 10.5 Å². The number of benzene rings is 2. The summed E-state index contributed by atoms with van der Waals surface area (Å²) in [7, 11) is 0. The summed E-state index contributed by atoms with van der Waals surface area (Å²) in [4.78, 5) is 12.8. The average molecular weight is 355 g/mol. The molecular formula is C20H25N3O3. The normalized spacial score (nSPS) is 15.7. The molecule has 26 heavy (non-hydrogen) atoms. The maximum atomic E-state index is 10.9. The van der Waals surface area contributed by atoms with Crippen molar-refractivity contribution >= 4 is 11.4 Å². The highest BCUT2D eigenvalue weighted by atomic mass is 16.6. The molecule has 2 aromatic rings. The topological polar surface area (TPSA) is 81.6 Å². The van der Waals surface area contributed by atoms with Crippen LogP contribution in [0.4, 0.5) is 11.4 Å². The molecule has 1 saturated heterocycles. The molecule has 0 bridgehead atoms. The number of likely N-dealkylation sites (tertiary alicyclic amines) is 1. The lowest BCUT2D eigenvalue weighted by Gasteiger charge is -2.31. The van der Waals surface area contributed by atoms with Crippen molar-refractivity contribution in [3.05, 3.63) is 64.2 Å². The Kier molecular flexibility index (Phi) is 6.07. The van der Waals surface area contributed by atoms with Gasteiger partial charge in [-0.3, -0.25) is 15.0 Å². The zero-order valence-electron chi connectivity index (χ0n) is 14.8. The Bertz CT molecular complexity index is 728. The molecule has 1 aliphatic heterocycles. The first kappa shape index (κ1) is 18.2. The second kappa shape index (κ2) is 8.67. The molecule has 0 radical (unpaired) electrons. The van der Waals surface area contributed by atoms with E-state index in [0.29, 0.717) is 12.4 Å². The largest absolute Gasteiger partial charge is 0.492 e. The Morgan fingerprint density at radius 1 is 1.15 bits per heavy atom. The molecule has 3 rings (SSSR count). The van der Waals surface area contributed by atoms with Gasteiger partial charge in [-0.2, -0.15) is 0 Å². The first-order chi connectivity index (χ1) is 12.6. The highest BCUT2D eigenvalue weighted by Gasteiger charge is 2.19. The van der Waals surface area contributed by atoms with Gasteiger partial charge in [-0.25, -0.2) is 0 Å². The van der Waals surface area contributed by atoms with E-state index in [2.05, 4.69) is 35.2 Å². The molecule has 0 spiro atoms. The van der Waals surface area contributed by atoms with Crippen molar-refractivity contribution in [2.24, 2.45) is 5.92 Å². The van der Waals surface area contributed by atoms with E-state index in [4.69, 9.17) is 10.5 Å². The van der Waals surface area contributed by atoms with Crippen LogP contribution in [0, 0.1) is 16.0 Å². The van der Waals surface area contributed by atoms with Gasteiger partial charge < -0.3 is 10.5 Å². The molecule has 2 aromatic carbocycles. The van der Waals surface area contributed by atoms with Gasteiger partial charge in [0.25, 0.3) is 5.69 Å². The predicted molar refractivity (Wildman–Crippen MR) is 102 cm³/mol. The summed E-state index contributed by atoms with van der Waals surface area (Å²) in [5.74, 6) is 1.24. The Morgan fingerprint density at radius 3 is 2.58 bits per heavy atom. The van der Waals surface area contributed by atoms with Crippen molar-refractivity contribution < 1.29 is 9.66 Å². The lowest BCUT2D eigenvalue weighted by molar-refractivity contribution is -0.384. The smallest absolute Gasteiger partial charge is 0.295 e. The molecule has 0 unspecified atom stereocenters. The number of nitro groups is 1. The maximum absolute atomic E-state index is 10.9. The van der Waals surface area contributed by atoms with Gasteiger partial charge in [-0.1, -0.05) is 30.3 Å². The van der Waals surface area contributed by atoms with Crippen LogP contribution in [0.1, 0.15) is 18.4 Å². The molecule has 0 aliphatic carbocycles. The van der Waals surface area contributed by atoms with Crippen LogP contribution in [0.25, 0.3) is 0 Å². The third-order valence-corrected chi connectivity index (χ3v) is 4.95. The van der Waals surface area contributed by atoms with E-state index in [1.807, 2.05) is 0 Å². The number of nitrogens with zero attached hydrogens (tertiary/aromatic N) is 2. The molecule has 0 amide bonds. The van der Waals surface area contributed by atoms with E-state index in [1.165, 1.54) is 30.5 Å². The molecule has 6 heteroatoms. The number of nitrogen functional groups attached to an aromatic ring is 1. The van der Waals surface area contributed by atoms with E-state index in [0.717, 1.165) is 32.0 Å². The number of rotatable bonds is 7. The maximum Gasteiger partial charge on any atom is 0.295 e. The first-order valence-corrected chi connectivity index (χ1v) is 9.05. The minimum atomic E-state index is -0.486. The van der Waals surface area contributed by atoms with Crippen molar-refractivity contribution in [1.29, 1.82) is 0 Å². The molecule has 6 nitrogen and oxygen atoms in total. The van der Waals surface area contributed by atoms with Crippen LogP contribution in [-0.2, 0) is 6.42 Å².